The van der Waals surface area contributed by atoms with Gasteiger partial charge in [0, 0.05) is 32.1 Å². The zero-order valence-corrected chi connectivity index (χ0v) is 11.6. The Labute approximate surface area is 110 Å². The van der Waals surface area contributed by atoms with Crippen LogP contribution in [0.1, 0.15) is 11.1 Å². The van der Waals surface area contributed by atoms with Gasteiger partial charge in [-0.3, -0.25) is 4.90 Å². The molecule has 100 valence electrons. The Bertz CT molecular complexity index is 394. The van der Waals surface area contributed by atoms with E-state index in [4.69, 9.17) is 0 Å². The molecule has 1 aromatic carbocycles. The molecule has 0 bridgehead atoms. The first-order chi connectivity index (χ1) is 8.58. The van der Waals surface area contributed by atoms with Crippen molar-refractivity contribution in [2.75, 3.05) is 33.7 Å². The fourth-order valence-corrected chi connectivity index (χ4v) is 2.66. The first-order valence-corrected chi connectivity index (χ1v) is 6.69. The lowest BCUT2D eigenvalue weighted by molar-refractivity contribution is 0.0152. The molecule has 18 heavy (non-hydrogen) atoms. The highest BCUT2D eigenvalue weighted by Crippen LogP contribution is 2.16. The zero-order chi connectivity index (χ0) is 13.1. The number of nitrogens with zero attached hydrogens (tertiary/aromatic N) is 2. The van der Waals surface area contributed by atoms with Gasteiger partial charge in [-0.1, -0.05) is 24.3 Å². The van der Waals surface area contributed by atoms with Crippen LogP contribution in [0.3, 0.4) is 0 Å². The van der Waals surface area contributed by atoms with Crippen molar-refractivity contribution in [3.63, 3.8) is 0 Å². The third-order valence-electron chi connectivity index (χ3n) is 4.03. The predicted molar refractivity (Wildman–Crippen MR) is 74.8 cm³/mol. The number of hydrogen-bond acceptors (Lipinski definition) is 3. The van der Waals surface area contributed by atoms with Crippen LogP contribution in [-0.4, -0.2) is 60.8 Å². The lowest BCUT2D eigenvalue weighted by Crippen LogP contribution is -2.55. The highest BCUT2D eigenvalue weighted by Gasteiger charge is 2.28. The first kappa shape index (κ1) is 13.5. The van der Waals surface area contributed by atoms with E-state index in [-0.39, 0.29) is 12.1 Å². The normalized spacial score (nSPS) is 24.1. The van der Waals surface area contributed by atoms with Crippen LogP contribution in [0.15, 0.2) is 24.3 Å². The number of hydrogen-bond donors (Lipinski definition) is 1. The van der Waals surface area contributed by atoms with E-state index in [2.05, 4.69) is 43.0 Å². The van der Waals surface area contributed by atoms with E-state index in [1.54, 1.807) is 0 Å². The third kappa shape index (κ3) is 3.10. The summed E-state index contributed by atoms with van der Waals surface area (Å²) in [6.45, 7) is 5.18. The van der Waals surface area contributed by atoms with Crippen LogP contribution in [0, 0.1) is 6.92 Å². The van der Waals surface area contributed by atoms with Gasteiger partial charge in [0.1, 0.15) is 0 Å². The Hall–Kier alpha value is -0.900. The summed E-state index contributed by atoms with van der Waals surface area (Å²) in [7, 11) is 4.24. The van der Waals surface area contributed by atoms with Gasteiger partial charge in [0.2, 0.25) is 0 Å². The summed E-state index contributed by atoms with van der Waals surface area (Å²) in [6.07, 6.45) is 0.453. The summed E-state index contributed by atoms with van der Waals surface area (Å²) in [5.74, 6) is 0. The number of rotatable bonds is 3. The van der Waals surface area contributed by atoms with E-state index in [1.807, 2.05) is 12.1 Å². The molecule has 2 unspecified atom stereocenters. The predicted octanol–water partition coefficient (Wildman–Crippen LogP) is 1.14. The number of aryl methyl sites for hydroxylation is 1. The molecule has 1 aromatic rings. The van der Waals surface area contributed by atoms with Gasteiger partial charge in [-0.15, -0.1) is 0 Å². The summed E-state index contributed by atoms with van der Waals surface area (Å²) in [6, 6.07) is 8.56. The van der Waals surface area contributed by atoms with Crippen LogP contribution in [0.5, 0.6) is 0 Å². The maximum atomic E-state index is 10.5. The van der Waals surface area contributed by atoms with Crippen LogP contribution in [-0.2, 0) is 6.42 Å². The second-order valence-corrected chi connectivity index (χ2v) is 5.51. The molecule has 0 aliphatic carbocycles. The van der Waals surface area contributed by atoms with Crippen LogP contribution in [0.25, 0.3) is 0 Å². The van der Waals surface area contributed by atoms with Crippen molar-refractivity contribution in [2.45, 2.75) is 25.5 Å². The molecule has 1 N–H and O–H groups in total. The average molecular weight is 248 g/mol. The number of likely N-dealkylation sites (N-methyl/N-ethyl adjacent to an activating group) is 2. The van der Waals surface area contributed by atoms with Gasteiger partial charge in [-0.25, -0.2) is 0 Å². The van der Waals surface area contributed by atoms with Crippen molar-refractivity contribution < 1.29 is 5.11 Å². The van der Waals surface area contributed by atoms with Crippen molar-refractivity contribution in [2.24, 2.45) is 0 Å². The number of aliphatic hydroxyl groups is 1. The van der Waals surface area contributed by atoms with Crippen LogP contribution in [0.4, 0.5) is 0 Å². The van der Waals surface area contributed by atoms with E-state index >= 15 is 0 Å². The zero-order valence-electron chi connectivity index (χ0n) is 11.6. The second-order valence-electron chi connectivity index (χ2n) is 5.51. The Morgan fingerprint density at radius 1 is 1.28 bits per heavy atom. The molecule has 1 aliphatic heterocycles. The molecule has 2 atom stereocenters. The van der Waals surface area contributed by atoms with Crippen LogP contribution >= 0.6 is 0 Å². The highest BCUT2D eigenvalue weighted by molar-refractivity contribution is 5.26. The summed E-state index contributed by atoms with van der Waals surface area (Å²) in [5, 5.41) is 10.5. The second kappa shape index (κ2) is 5.83. The van der Waals surface area contributed by atoms with Crippen molar-refractivity contribution in [1.82, 2.24) is 9.80 Å². The molecule has 1 aliphatic rings. The molecule has 2 rings (SSSR count). The monoisotopic (exact) mass is 248 g/mol. The summed E-state index contributed by atoms with van der Waals surface area (Å²) in [4.78, 5) is 4.58. The molecular formula is C15H24N2O. The summed E-state index contributed by atoms with van der Waals surface area (Å²) in [5.41, 5.74) is 2.52. The fraction of sp³-hybridized carbons (Fsp3) is 0.600. The molecular weight excluding hydrogens is 224 g/mol. The van der Waals surface area contributed by atoms with E-state index in [0.29, 0.717) is 0 Å². The van der Waals surface area contributed by atoms with Gasteiger partial charge in [0.25, 0.3) is 0 Å². The van der Waals surface area contributed by atoms with E-state index < -0.39 is 0 Å². The molecule has 0 radical (unpaired) electrons. The number of benzene rings is 1. The minimum Gasteiger partial charge on any atom is -0.391 e. The van der Waals surface area contributed by atoms with Crippen molar-refractivity contribution in [3.8, 4) is 0 Å². The van der Waals surface area contributed by atoms with E-state index in [9.17, 15) is 5.11 Å². The summed E-state index contributed by atoms with van der Waals surface area (Å²) >= 11 is 0. The van der Waals surface area contributed by atoms with Gasteiger partial charge in [0.05, 0.1) is 6.10 Å². The number of aliphatic hydroxyl groups excluding tert-OH is 1. The average Bonchev–Trinajstić information content (AvgIpc) is 2.35. The van der Waals surface area contributed by atoms with Crippen LogP contribution < -0.4 is 0 Å². The maximum Gasteiger partial charge on any atom is 0.0748 e. The fourth-order valence-electron chi connectivity index (χ4n) is 2.66. The molecule has 0 saturated carbocycles. The Morgan fingerprint density at radius 3 is 2.72 bits per heavy atom. The molecule has 1 fully saturated rings. The molecule has 0 aromatic heterocycles. The topological polar surface area (TPSA) is 26.7 Å². The Kier molecular flexibility index (Phi) is 4.38. The first-order valence-electron chi connectivity index (χ1n) is 6.69. The van der Waals surface area contributed by atoms with Crippen molar-refractivity contribution >= 4 is 0 Å². The Morgan fingerprint density at radius 2 is 2.00 bits per heavy atom. The van der Waals surface area contributed by atoms with Gasteiger partial charge < -0.3 is 10.0 Å². The SMILES string of the molecule is Cc1ccccc1CC(O)C1CN(C)CCN1C. The smallest absolute Gasteiger partial charge is 0.0748 e. The van der Waals surface area contributed by atoms with Crippen molar-refractivity contribution in [3.05, 3.63) is 35.4 Å². The molecule has 0 amide bonds. The van der Waals surface area contributed by atoms with Gasteiger partial charge in [-0.2, -0.15) is 0 Å². The van der Waals surface area contributed by atoms with Crippen molar-refractivity contribution in [1.29, 1.82) is 0 Å². The molecule has 3 nitrogen and oxygen atoms in total. The lowest BCUT2D eigenvalue weighted by atomic mass is 9.96. The van der Waals surface area contributed by atoms with E-state index in [0.717, 1.165) is 26.1 Å². The molecule has 3 heteroatoms. The molecule has 1 saturated heterocycles. The van der Waals surface area contributed by atoms with Crippen LogP contribution in [0.2, 0.25) is 0 Å². The Balaban J connectivity index is 2.03. The van der Waals surface area contributed by atoms with Gasteiger partial charge in [-0.05, 0) is 32.1 Å². The maximum absolute atomic E-state index is 10.5. The third-order valence-corrected chi connectivity index (χ3v) is 4.03. The van der Waals surface area contributed by atoms with E-state index in [1.165, 1.54) is 11.1 Å². The lowest BCUT2D eigenvalue weighted by Gasteiger charge is -2.40. The molecule has 0 spiro atoms. The number of piperazine rings is 1. The standard InChI is InChI=1S/C15H24N2O/c1-12-6-4-5-7-13(12)10-15(18)14-11-16(2)8-9-17(14)3/h4-7,14-15,18H,8-11H2,1-3H3. The highest BCUT2D eigenvalue weighted by atomic mass is 16.3. The largest absolute Gasteiger partial charge is 0.391 e. The van der Waals surface area contributed by atoms with Gasteiger partial charge in [0.15, 0.2) is 0 Å². The van der Waals surface area contributed by atoms with Gasteiger partial charge >= 0.3 is 0 Å². The quantitative estimate of drug-likeness (QED) is 0.869. The minimum absolute atomic E-state index is 0.239. The summed E-state index contributed by atoms with van der Waals surface area (Å²) < 4.78 is 0. The molecule has 1 heterocycles. The minimum atomic E-state index is -0.293.